The molecule has 9 atom stereocenters. The molecule has 26 heavy (non-hydrogen) atoms. The van der Waals surface area contributed by atoms with Gasteiger partial charge in [0.1, 0.15) is 0 Å². The van der Waals surface area contributed by atoms with Gasteiger partial charge in [-0.3, -0.25) is 0 Å². The Morgan fingerprint density at radius 2 is 1.65 bits per heavy atom. The number of hydrogen-bond acceptors (Lipinski definition) is 3. The largest absolute Gasteiger partial charge is 0.389 e. The van der Waals surface area contributed by atoms with Crippen LogP contribution in [0.15, 0.2) is 52.1 Å². The lowest BCUT2D eigenvalue weighted by Crippen LogP contribution is -2.53. The van der Waals surface area contributed by atoms with Crippen LogP contribution in [0, 0.1) is 34.5 Å². The molecular weight excluding hydrogens is 330 g/mol. The van der Waals surface area contributed by atoms with Crippen LogP contribution in [0.4, 0.5) is 0 Å². The van der Waals surface area contributed by atoms with Gasteiger partial charge >= 0.3 is 11.4 Å². The predicted octanol–water partition coefficient (Wildman–Crippen LogP) is 0.709. The third kappa shape index (κ3) is 0.895. The summed E-state index contributed by atoms with van der Waals surface area (Å²) in [6.45, 7) is 0. The summed E-state index contributed by atoms with van der Waals surface area (Å²) in [4.78, 5) is 26.7. The van der Waals surface area contributed by atoms with E-state index in [-0.39, 0.29) is 34.3 Å². The van der Waals surface area contributed by atoms with E-state index >= 15 is 0 Å². The van der Waals surface area contributed by atoms with Crippen molar-refractivity contribution in [2.24, 2.45) is 34.5 Å². The van der Waals surface area contributed by atoms with E-state index in [1.54, 1.807) is 9.36 Å². The summed E-state index contributed by atoms with van der Waals surface area (Å²) in [6, 6.07) is 9.41. The quantitative estimate of drug-likeness (QED) is 0.773. The van der Waals surface area contributed by atoms with E-state index in [1.807, 2.05) is 36.4 Å². The van der Waals surface area contributed by atoms with Gasteiger partial charge in [0.2, 0.25) is 0 Å². The van der Waals surface area contributed by atoms with Gasteiger partial charge in [0.05, 0.1) is 23.9 Å². The van der Waals surface area contributed by atoms with Crippen molar-refractivity contribution in [2.45, 2.75) is 24.6 Å². The molecule has 130 valence electrons. The highest BCUT2D eigenvalue weighted by molar-refractivity contribution is 5.54. The third-order valence-electron chi connectivity index (χ3n) is 8.81. The average Bonchev–Trinajstić information content (AvgIpc) is 3.40. The molecule has 3 heterocycles. The number of hydrogen-bond donors (Lipinski definition) is 1. The number of aliphatic hydroxyl groups excluding tert-OH is 1. The minimum Gasteiger partial charge on any atom is -0.389 e. The van der Waals surface area contributed by atoms with E-state index in [9.17, 15) is 14.7 Å². The van der Waals surface area contributed by atoms with Crippen molar-refractivity contribution < 1.29 is 5.11 Å². The average molecular weight is 347 g/mol. The highest BCUT2D eigenvalue weighted by atomic mass is 16.3. The summed E-state index contributed by atoms with van der Waals surface area (Å²) in [6.07, 6.45) is 4.47. The van der Waals surface area contributed by atoms with Crippen molar-refractivity contribution in [1.82, 2.24) is 13.9 Å². The van der Waals surface area contributed by atoms with Crippen LogP contribution in [0.1, 0.15) is 18.5 Å². The highest BCUT2D eigenvalue weighted by Crippen LogP contribution is 3.03. The van der Waals surface area contributed by atoms with Crippen LogP contribution in [0.5, 0.6) is 0 Å². The Morgan fingerprint density at radius 3 is 2.42 bits per heavy atom. The van der Waals surface area contributed by atoms with Gasteiger partial charge in [-0.05, 0) is 42.2 Å². The van der Waals surface area contributed by atoms with Crippen molar-refractivity contribution in [1.29, 1.82) is 0 Å². The molecule has 9 rings (SSSR count). The Labute approximate surface area is 148 Å². The minimum absolute atomic E-state index is 0.00898. The van der Waals surface area contributed by atoms with E-state index in [2.05, 4.69) is 6.08 Å². The molecule has 1 aromatic carbocycles. The highest BCUT2D eigenvalue weighted by Gasteiger charge is 3.02. The van der Waals surface area contributed by atoms with E-state index in [0.29, 0.717) is 29.4 Å². The Bertz CT molecular complexity index is 1190. The summed E-state index contributed by atoms with van der Waals surface area (Å²) < 4.78 is 4.93. The summed E-state index contributed by atoms with van der Waals surface area (Å²) in [5.41, 5.74) is 0.254. The second kappa shape index (κ2) is 3.31. The van der Waals surface area contributed by atoms with Gasteiger partial charge in [-0.1, -0.05) is 30.4 Å². The number of para-hydroxylation sites is 1. The molecule has 0 unspecified atom stereocenters. The maximum absolute atomic E-state index is 13.3. The predicted molar refractivity (Wildman–Crippen MR) is 91.0 cm³/mol. The fourth-order valence-electron chi connectivity index (χ4n) is 8.52. The first kappa shape index (κ1) is 12.9. The maximum Gasteiger partial charge on any atom is 0.352 e. The number of aromatic nitrogens is 3. The van der Waals surface area contributed by atoms with Crippen molar-refractivity contribution in [3.05, 3.63) is 63.5 Å². The minimum atomic E-state index is -0.421. The number of nitrogens with zero attached hydrogens (tertiary/aromatic N) is 3. The van der Waals surface area contributed by atoms with Gasteiger partial charge in [-0.25, -0.2) is 23.5 Å². The monoisotopic (exact) mass is 347 g/mol. The van der Waals surface area contributed by atoms with Crippen LogP contribution in [0.2, 0.25) is 0 Å². The van der Waals surface area contributed by atoms with Gasteiger partial charge < -0.3 is 5.11 Å². The number of rotatable bonds is 1. The molecule has 2 bridgehead atoms. The van der Waals surface area contributed by atoms with Crippen molar-refractivity contribution in [3.8, 4) is 5.69 Å². The summed E-state index contributed by atoms with van der Waals surface area (Å²) in [5, 5.41) is 10.3. The second-order valence-electron chi connectivity index (χ2n) is 9.13. The lowest BCUT2D eigenvalue weighted by molar-refractivity contribution is -0.00744. The Hall–Kier alpha value is -2.34. The fraction of sp³-hybridized carbons (Fsp3) is 0.500. The number of allylic oxidation sites excluding steroid dienone is 1. The molecule has 4 saturated carbocycles. The lowest BCUT2D eigenvalue weighted by Gasteiger charge is -2.49. The molecule has 0 saturated heterocycles. The molecule has 2 spiro atoms. The van der Waals surface area contributed by atoms with Gasteiger partial charge in [0.25, 0.3) is 0 Å². The van der Waals surface area contributed by atoms with Gasteiger partial charge in [-0.2, -0.15) is 0 Å². The summed E-state index contributed by atoms with van der Waals surface area (Å²) >= 11 is 0. The molecule has 5 aliphatic carbocycles. The lowest BCUT2D eigenvalue weighted by atomic mass is 9.67. The smallest absolute Gasteiger partial charge is 0.352 e. The fourth-order valence-corrected chi connectivity index (χ4v) is 8.52. The maximum atomic E-state index is 13.3. The zero-order valence-corrected chi connectivity index (χ0v) is 13.9. The molecule has 6 heteroatoms. The van der Waals surface area contributed by atoms with Crippen LogP contribution in [0.3, 0.4) is 0 Å². The molecule has 0 amide bonds. The van der Waals surface area contributed by atoms with E-state index in [1.165, 1.54) is 4.57 Å². The second-order valence-corrected chi connectivity index (χ2v) is 9.13. The molecule has 1 aromatic heterocycles. The van der Waals surface area contributed by atoms with Crippen LogP contribution in [-0.2, 0) is 0 Å². The standard InChI is InChI=1S/C20H17N3O3/c24-10-6-7-19-14-11-12-13(11)16(20(14,19)8-10)23-18(26)21(9-4-2-1-3-5-9)17(25)22(23)15(12)19/h1-7,10-16,24H,8H2/t10-,11-,12+,13+,14-,15+,16+,19-,20+/m1/s1. The third-order valence-corrected chi connectivity index (χ3v) is 8.81. The van der Waals surface area contributed by atoms with Crippen molar-refractivity contribution in [2.75, 3.05) is 0 Å². The molecule has 2 aromatic rings. The van der Waals surface area contributed by atoms with Gasteiger partial charge in [0, 0.05) is 10.8 Å². The van der Waals surface area contributed by atoms with E-state index in [0.717, 1.165) is 6.42 Å². The number of aliphatic hydroxyl groups is 1. The zero-order valence-electron chi connectivity index (χ0n) is 13.9. The summed E-state index contributed by atoms with van der Waals surface area (Å²) in [7, 11) is 0. The van der Waals surface area contributed by atoms with E-state index < -0.39 is 6.10 Å². The van der Waals surface area contributed by atoms with Crippen LogP contribution in [0.25, 0.3) is 5.69 Å². The molecule has 4 fully saturated rings. The first-order valence-corrected chi connectivity index (χ1v) is 9.53. The Morgan fingerprint density at radius 1 is 0.962 bits per heavy atom. The summed E-state index contributed by atoms with van der Waals surface area (Å²) in [5.74, 6) is 2.30. The molecule has 6 nitrogen and oxygen atoms in total. The molecule has 1 N–H and O–H groups in total. The van der Waals surface area contributed by atoms with Crippen LogP contribution in [-0.4, -0.2) is 25.1 Å². The topological polar surface area (TPSA) is 69.2 Å². The first-order chi connectivity index (χ1) is 12.6. The SMILES string of the molecule is O=c1n(-c2ccccc2)c(=O)n2n1[C@H]1[C@@H]3[C@@H]4[C@@H]3[C@@H]3[C@]15C=C[C@@H](O)C[C@@]35[C@H]42. The Kier molecular flexibility index (Phi) is 1.65. The molecular formula is C20H17N3O3. The molecule has 7 aliphatic rings. The van der Waals surface area contributed by atoms with Crippen molar-refractivity contribution in [3.63, 3.8) is 0 Å². The van der Waals surface area contributed by atoms with Crippen LogP contribution >= 0.6 is 0 Å². The van der Waals surface area contributed by atoms with E-state index in [4.69, 9.17) is 0 Å². The van der Waals surface area contributed by atoms with Crippen molar-refractivity contribution >= 4 is 0 Å². The van der Waals surface area contributed by atoms with Gasteiger partial charge in [0.15, 0.2) is 0 Å². The Balaban J connectivity index is 1.47. The molecule has 2 aliphatic heterocycles. The van der Waals surface area contributed by atoms with Crippen LogP contribution < -0.4 is 11.4 Å². The first-order valence-electron chi connectivity index (χ1n) is 9.53. The molecule has 0 radical (unpaired) electrons. The normalized spacial score (nSPS) is 52.0. The zero-order chi connectivity index (χ0) is 17.2. The van der Waals surface area contributed by atoms with Gasteiger partial charge in [-0.15, -0.1) is 0 Å². The number of benzene rings is 1.